The number of anilines is 2. The van der Waals surface area contributed by atoms with Crippen LogP contribution in [0.5, 0.6) is 0 Å². The molecule has 3 aromatic rings. The topological polar surface area (TPSA) is 79.7 Å². The molecule has 0 unspecified atom stereocenters. The van der Waals surface area contributed by atoms with Gasteiger partial charge in [-0.05, 0) is 37.1 Å². The maximum atomic E-state index is 4.57. The lowest BCUT2D eigenvalue weighted by molar-refractivity contribution is 0.425. The van der Waals surface area contributed by atoms with E-state index in [0.717, 1.165) is 47.7 Å². The molecular weight excluding hydrogens is 346 g/mol. The van der Waals surface area contributed by atoms with E-state index < -0.39 is 0 Å². The zero-order valence-corrected chi connectivity index (χ0v) is 15.1. The Balaban J connectivity index is 1.13. The van der Waals surface area contributed by atoms with Crippen LogP contribution in [-0.2, 0) is 0 Å². The minimum absolute atomic E-state index is 0.602. The van der Waals surface area contributed by atoms with Crippen LogP contribution in [0, 0.1) is 5.92 Å². The van der Waals surface area contributed by atoms with E-state index in [9.17, 15) is 0 Å². The molecule has 1 aliphatic heterocycles. The number of aromatic nitrogens is 5. The molecule has 1 N–H and O–H groups in total. The van der Waals surface area contributed by atoms with Gasteiger partial charge in [0.15, 0.2) is 5.82 Å². The summed E-state index contributed by atoms with van der Waals surface area (Å²) >= 11 is 1.48. The van der Waals surface area contributed by atoms with Gasteiger partial charge in [0.2, 0.25) is 5.13 Å². The molecule has 0 atom stereocenters. The standard InChI is InChI=1S/C18H19N7S/c1-2-14(1)17-21-18(26-24-17)20-9-12-10-25(11-12)16-4-3-15(22-23-16)13-5-7-19-8-6-13/h3-8,12,14H,1-2,9-11H2,(H,20,21,24). The highest BCUT2D eigenvalue weighted by Gasteiger charge is 2.29. The molecular formula is C18H19N7S. The second-order valence-electron chi connectivity index (χ2n) is 6.90. The van der Waals surface area contributed by atoms with Gasteiger partial charge in [0, 0.05) is 61.0 Å². The highest BCUT2D eigenvalue weighted by molar-refractivity contribution is 7.09. The second kappa shape index (κ2) is 6.60. The van der Waals surface area contributed by atoms with Crippen LogP contribution in [0.3, 0.4) is 0 Å². The van der Waals surface area contributed by atoms with Crippen LogP contribution >= 0.6 is 11.5 Å². The Bertz CT molecular complexity index is 870. The molecule has 0 radical (unpaired) electrons. The maximum absolute atomic E-state index is 4.57. The van der Waals surface area contributed by atoms with E-state index in [0.29, 0.717) is 11.8 Å². The molecule has 0 bridgehead atoms. The third-order valence-corrected chi connectivity index (χ3v) is 5.52. The first-order valence-electron chi connectivity index (χ1n) is 8.92. The van der Waals surface area contributed by atoms with Crippen LogP contribution in [-0.4, -0.2) is 44.2 Å². The van der Waals surface area contributed by atoms with Gasteiger partial charge in [0.1, 0.15) is 5.82 Å². The Hall–Kier alpha value is -2.61. The maximum Gasteiger partial charge on any atom is 0.202 e. The van der Waals surface area contributed by atoms with E-state index in [1.54, 1.807) is 12.4 Å². The zero-order chi connectivity index (χ0) is 17.3. The molecule has 2 aliphatic rings. The second-order valence-corrected chi connectivity index (χ2v) is 7.65. The number of nitrogens with zero attached hydrogens (tertiary/aromatic N) is 6. The zero-order valence-electron chi connectivity index (χ0n) is 14.2. The smallest absolute Gasteiger partial charge is 0.202 e. The first-order chi connectivity index (χ1) is 12.8. The third-order valence-electron chi connectivity index (χ3n) is 4.83. The summed E-state index contributed by atoms with van der Waals surface area (Å²) in [6.07, 6.45) is 6.02. The van der Waals surface area contributed by atoms with Crippen molar-refractivity contribution in [3.05, 3.63) is 42.5 Å². The minimum atomic E-state index is 0.602. The van der Waals surface area contributed by atoms with E-state index in [1.807, 2.05) is 24.3 Å². The van der Waals surface area contributed by atoms with Gasteiger partial charge in [-0.3, -0.25) is 4.98 Å². The fraction of sp³-hybridized carbons (Fsp3) is 0.389. The average molecular weight is 365 g/mol. The molecule has 5 rings (SSSR count). The van der Waals surface area contributed by atoms with E-state index in [2.05, 4.69) is 34.8 Å². The van der Waals surface area contributed by atoms with Crippen molar-refractivity contribution >= 4 is 22.5 Å². The molecule has 132 valence electrons. The van der Waals surface area contributed by atoms with Crippen LogP contribution in [0.15, 0.2) is 36.7 Å². The van der Waals surface area contributed by atoms with E-state index in [-0.39, 0.29) is 0 Å². The molecule has 0 spiro atoms. The highest BCUT2D eigenvalue weighted by Crippen LogP contribution is 2.39. The molecule has 1 saturated carbocycles. The third kappa shape index (κ3) is 3.24. The summed E-state index contributed by atoms with van der Waals surface area (Å²) in [7, 11) is 0. The van der Waals surface area contributed by atoms with Gasteiger partial charge in [0.25, 0.3) is 0 Å². The molecule has 2 fully saturated rings. The highest BCUT2D eigenvalue weighted by atomic mass is 32.1. The molecule has 0 aromatic carbocycles. The largest absolute Gasteiger partial charge is 0.360 e. The van der Waals surface area contributed by atoms with Gasteiger partial charge in [-0.15, -0.1) is 10.2 Å². The van der Waals surface area contributed by atoms with Crippen molar-refractivity contribution in [1.29, 1.82) is 0 Å². The van der Waals surface area contributed by atoms with Gasteiger partial charge in [0.05, 0.1) is 5.69 Å². The molecule has 4 heterocycles. The normalized spacial score (nSPS) is 17.2. The van der Waals surface area contributed by atoms with Crippen molar-refractivity contribution in [2.45, 2.75) is 18.8 Å². The summed E-state index contributed by atoms with van der Waals surface area (Å²) in [4.78, 5) is 10.9. The molecule has 3 aromatic heterocycles. The van der Waals surface area contributed by atoms with Crippen LogP contribution in [0.25, 0.3) is 11.3 Å². The number of hydrogen-bond donors (Lipinski definition) is 1. The van der Waals surface area contributed by atoms with Crippen LogP contribution in [0.1, 0.15) is 24.6 Å². The Morgan fingerprint density at radius 1 is 1.08 bits per heavy atom. The lowest BCUT2D eigenvalue weighted by atomic mass is 10.0. The van der Waals surface area contributed by atoms with Crippen molar-refractivity contribution in [3.63, 3.8) is 0 Å². The van der Waals surface area contributed by atoms with Gasteiger partial charge >= 0.3 is 0 Å². The van der Waals surface area contributed by atoms with Gasteiger partial charge < -0.3 is 10.2 Å². The van der Waals surface area contributed by atoms with E-state index in [4.69, 9.17) is 0 Å². The Kier molecular flexibility index (Phi) is 3.97. The Morgan fingerprint density at radius 3 is 2.65 bits per heavy atom. The SMILES string of the molecule is c1cc(-c2ccc(N3CC(CNc4nc(C5CC5)ns4)C3)nn2)ccn1. The Labute approximate surface area is 155 Å². The Morgan fingerprint density at radius 2 is 1.92 bits per heavy atom. The number of rotatable bonds is 6. The van der Waals surface area contributed by atoms with E-state index >= 15 is 0 Å². The summed E-state index contributed by atoms with van der Waals surface area (Å²) in [6.45, 7) is 2.91. The molecule has 8 heteroatoms. The number of nitrogens with one attached hydrogen (secondary N) is 1. The molecule has 7 nitrogen and oxygen atoms in total. The summed E-state index contributed by atoms with van der Waals surface area (Å²) in [6, 6.07) is 7.94. The van der Waals surface area contributed by atoms with E-state index in [1.165, 1.54) is 24.4 Å². The lowest BCUT2D eigenvalue weighted by Crippen LogP contribution is -2.50. The van der Waals surface area contributed by atoms with Crippen molar-refractivity contribution in [1.82, 2.24) is 24.5 Å². The first-order valence-corrected chi connectivity index (χ1v) is 9.69. The summed E-state index contributed by atoms with van der Waals surface area (Å²) < 4.78 is 4.43. The van der Waals surface area contributed by atoms with Crippen molar-refractivity contribution < 1.29 is 0 Å². The fourth-order valence-electron chi connectivity index (χ4n) is 3.10. The van der Waals surface area contributed by atoms with Gasteiger partial charge in [-0.25, -0.2) is 4.98 Å². The molecule has 0 amide bonds. The molecule has 26 heavy (non-hydrogen) atoms. The van der Waals surface area contributed by atoms with Crippen LogP contribution < -0.4 is 10.2 Å². The predicted molar refractivity (Wildman–Crippen MR) is 101 cm³/mol. The molecule has 1 saturated heterocycles. The summed E-state index contributed by atoms with van der Waals surface area (Å²) in [5, 5.41) is 13.1. The van der Waals surface area contributed by atoms with Gasteiger partial charge in [-0.2, -0.15) is 4.37 Å². The fourth-order valence-corrected chi connectivity index (χ4v) is 3.75. The van der Waals surface area contributed by atoms with Crippen molar-refractivity contribution in [3.8, 4) is 11.3 Å². The van der Waals surface area contributed by atoms with Crippen LogP contribution in [0.2, 0.25) is 0 Å². The first kappa shape index (κ1) is 15.6. The van der Waals surface area contributed by atoms with Gasteiger partial charge in [-0.1, -0.05) is 0 Å². The molecule has 1 aliphatic carbocycles. The van der Waals surface area contributed by atoms with Crippen LogP contribution in [0.4, 0.5) is 10.9 Å². The number of pyridine rings is 1. The predicted octanol–water partition coefficient (Wildman–Crippen LogP) is 2.82. The van der Waals surface area contributed by atoms with Crippen molar-refractivity contribution in [2.24, 2.45) is 5.92 Å². The minimum Gasteiger partial charge on any atom is -0.360 e. The number of hydrogen-bond acceptors (Lipinski definition) is 8. The summed E-state index contributed by atoms with van der Waals surface area (Å²) in [5.41, 5.74) is 1.91. The quantitative estimate of drug-likeness (QED) is 0.719. The lowest BCUT2D eigenvalue weighted by Gasteiger charge is -2.39. The monoisotopic (exact) mass is 365 g/mol. The average Bonchev–Trinajstić information content (AvgIpc) is 3.40. The van der Waals surface area contributed by atoms with Crippen molar-refractivity contribution in [2.75, 3.05) is 29.9 Å². The summed E-state index contributed by atoms with van der Waals surface area (Å²) in [5.74, 6) is 3.18.